The second-order valence-corrected chi connectivity index (χ2v) is 10.4. The number of carbonyl (C=O) groups excluding carboxylic acids is 1. The van der Waals surface area contributed by atoms with Gasteiger partial charge in [0.05, 0.1) is 11.1 Å². The lowest BCUT2D eigenvalue weighted by Gasteiger charge is -2.11. The molecule has 14 heteroatoms. The number of hydrogen-bond acceptors (Lipinski definition) is 8. The number of amides is 1. The predicted octanol–water partition coefficient (Wildman–Crippen LogP) is 3.97. The normalized spacial score (nSPS) is 10.2. The molecule has 0 atom stereocenters. The Kier molecular flexibility index (Phi) is 9.96. The summed E-state index contributed by atoms with van der Waals surface area (Å²) in [7, 11) is 6.67. The molecule has 12 nitrogen and oxygen atoms in total. The third-order valence-corrected chi connectivity index (χ3v) is 6.12. The van der Waals surface area contributed by atoms with Gasteiger partial charge in [-0.05, 0) is 68.3 Å². The summed E-state index contributed by atoms with van der Waals surface area (Å²) in [5, 5.41) is 14.6. The van der Waals surface area contributed by atoms with Crippen molar-refractivity contribution >= 4 is 66.7 Å². The van der Waals surface area contributed by atoms with E-state index in [-0.39, 0.29) is 22.6 Å². The van der Waals surface area contributed by atoms with Gasteiger partial charge in [-0.25, -0.2) is 14.8 Å². The molecular weight excluding hydrogens is 650 g/mol. The van der Waals surface area contributed by atoms with Gasteiger partial charge in [0.25, 0.3) is 17.0 Å². The van der Waals surface area contributed by atoms with Crippen molar-refractivity contribution in [2.75, 3.05) is 24.7 Å². The van der Waals surface area contributed by atoms with E-state index >= 15 is 0 Å². The number of rotatable bonds is 6. The Morgan fingerprint density at radius 1 is 0.800 bits per heavy atom. The summed E-state index contributed by atoms with van der Waals surface area (Å²) in [6.07, 6.45) is 6.04. The van der Waals surface area contributed by atoms with E-state index in [4.69, 9.17) is 5.11 Å². The Balaban J connectivity index is 0.000000222. The van der Waals surface area contributed by atoms with Crippen molar-refractivity contribution in [3.05, 3.63) is 102 Å². The molecule has 0 aliphatic heterocycles. The first kappa shape index (κ1) is 30.2. The zero-order valence-corrected chi connectivity index (χ0v) is 25.0. The van der Waals surface area contributed by atoms with Crippen LogP contribution in [-0.2, 0) is 14.1 Å². The van der Waals surface area contributed by atoms with Crippen LogP contribution in [0, 0.1) is 0 Å². The predicted molar refractivity (Wildman–Crippen MR) is 159 cm³/mol. The van der Waals surface area contributed by atoms with Crippen molar-refractivity contribution in [1.82, 2.24) is 24.0 Å². The maximum absolute atomic E-state index is 12.0. The molecule has 4 heterocycles. The number of aromatic nitrogens is 4. The number of nitrogens with zero attached hydrogens (tertiary/aromatic N) is 5. The Hall–Kier alpha value is -4.30. The van der Waals surface area contributed by atoms with Crippen LogP contribution in [0.15, 0.2) is 79.7 Å². The zero-order valence-electron chi connectivity index (χ0n) is 21.8. The van der Waals surface area contributed by atoms with Crippen LogP contribution in [-0.4, -0.2) is 55.1 Å². The molecule has 3 N–H and O–H groups in total. The molecule has 0 fully saturated rings. The molecule has 0 aliphatic rings. The SMILES string of the molecule is CN(C)C(=O)c1ccc(Nc2cc(Br)cn(C)c2=O)nc1.Cn1cc(Br)cc(Nc2ccc(C(=O)O)cn2)c1=O. The maximum Gasteiger partial charge on any atom is 0.337 e. The Labute approximate surface area is 245 Å². The molecule has 0 saturated heterocycles. The minimum absolute atomic E-state index is 0.0905. The van der Waals surface area contributed by atoms with Gasteiger partial charge in [0.1, 0.15) is 23.0 Å². The lowest BCUT2D eigenvalue weighted by Crippen LogP contribution is -2.22. The van der Waals surface area contributed by atoms with E-state index in [0.717, 1.165) is 8.95 Å². The summed E-state index contributed by atoms with van der Waals surface area (Å²) < 4.78 is 4.43. The standard InChI is InChI=1S/C14H15BrN4O2.C12H10BrN3O3/c1-18(2)13(20)9-4-5-12(16-7-9)17-11-6-10(15)8-19(3)14(11)21;1-16-6-8(13)4-9(11(16)17)15-10-3-2-7(5-14-10)12(18)19/h4-8H,1-3H3,(H,16,17);2-6H,1H3,(H,14,15)(H,18,19). The number of carbonyl (C=O) groups is 2. The van der Waals surface area contributed by atoms with Gasteiger partial charge in [0.15, 0.2) is 0 Å². The van der Waals surface area contributed by atoms with E-state index in [2.05, 4.69) is 52.5 Å². The molecule has 0 aliphatic carbocycles. The van der Waals surface area contributed by atoms with E-state index in [1.165, 1.54) is 38.6 Å². The highest BCUT2D eigenvalue weighted by molar-refractivity contribution is 9.10. The van der Waals surface area contributed by atoms with E-state index in [1.807, 2.05) is 0 Å². The summed E-state index contributed by atoms with van der Waals surface area (Å²) >= 11 is 6.63. The monoisotopic (exact) mass is 673 g/mol. The van der Waals surface area contributed by atoms with Gasteiger partial charge in [-0.2, -0.15) is 0 Å². The van der Waals surface area contributed by atoms with Crippen molar-refractivity contribution in [3.63, 3.8) is 0 Å². The van der Waals surface area contributed by atoms with Gasteiger partial charge >= 0.3 is 5.97 Å². The number of halogens is 2. The molecule has 4 aromatic heterocycles. The lowest BCUT2D eigenvalue weighted by atomic mass is 10.2. The van der Waals surface area contributed by atoms with E-state index in [9.17, 15) is 19.2 Å². The summed E-state index contributed by atoms with van der Waals surface area (Å²) in [5.41, 5.74) is 0.986. The molecule has 40 heavy (non-hydrogen) atoms. The van der Waals surface area contributed by atoms with E-state index in [0.29, 0.717) is 28.6 Å². The van der Waals surface area contributed by atoms with Gasteiger partial charge in [-0.1, -0.05) is 0 Å². The first-order valence-electron chi connectivity index (χ1n) is 11.5. The number of carboxylic acid groups (broad SMARTS) is 1. The third kappa shape index (κ3) is 7.86. The summed E-state index contributed by atoms with van der Waals surface area (Å²) in [5.74, 6) is -0.259. The number of carboxylic acids is 1. The van der Waals surface area contributed by atoms with Crippen LogP contribution >= 0.6 is 31.9 Å². The molecule has 4 aromatic rings. The third-order valence-electron chi connectivity index (χ3n) is 5.25. The summed E-state index contributed by atoms with van der Waals surface area (Å²) in [6.45, 7) is 0. The lowest BCUT2D eigenvalue weighted by molar-refractivity contribution is 0.0696. The molecule has 1 amide bonds. The number of anilines is 4. The smallest absolute Gasteiger partial charge is 0.337 e. The zero-order chi connectivity index (χ0) is 29.6. The van der Waals surface area contributed by atoms with Crippen LogP contribution in [0.3, 0.4) is 0 Å². The van der Waals surface area contributed by atoms with Crippen LogP contribution < -0.4 is 21.8 Å². The molecule has 0 spiro atoms. The maximum atomic E-state index is 12.0. The first-order valence-corrected chi connectivity index (χ1v) is 13.1. The molecular formula is C26H25Br2N7O5. The summed E-state index contributed by atoms with van der Waals surface area (Å²) in [6, 6.07) is 9.57. The van der Waals surface area contributed by atoms with Gasteiger partial charge in [-0.15, -0.1) is 0 Å². The van der Waals surface area contributed by atoms with Crippen LogP contribution in [0.4, 0.5) is 23.0 Å². The number of aryl methyl sites for hydroxylation is 2. The second kappa shape index (κ2) is 13.2. The van der Waals surface area contributed by atoms with Crippen molar-refractivity contribution in [1.29, 1.82) is 0 Å². The van der Waals surface area contributed by atoms with Crippen LogP contribution in [0.5, 0.6) is 0 Å². The molecule has 208 valence electrons. The van der Waals surface area contributed by atoms with E-state index < -0.39 is 5.97 Å². The fourth-order valence-electron chi connectivity index (χ4n) is 3.24. The fourth-order valence-corrected chi connectivity index (χ4v) is 4.31. The number of hydrogen-bond donors (Lipinski definition) is 3. The second-order valence-electron chi connectivity index (χ2n) is 8.60. The van der Waals surface area contributed by atoms with Crippen LogP contribution in [0.2, 0.25) is 0 Å². The van der Waals surface area contributed by atoms with Gasteiger partial charge < -0.3 is 29.8 Å². The fraction of sp³-hybridized carbons (Fsp3) is 0.154. The van der Waals surface area contributed by atoms with Crippen molar-refractivity contribution in [3.8, 4) is 0 Å². The molecule has 0 radical (unpaired) electrons. The van der Waals surface area contributed by atoms with Crippen molar-refractivity contribution in [2.45, 2.75) is 0 Å². The Morgan fingerprint density at radius 2 is 1.23 bits per heavy atom. The van der Waals surface area contributed by atoms with Gasteiger partial charge in [-0.3, -0.25) is 14.4 Å². The minimum atomic E-state index is -1.04. The first-order chi connectivity index (χ1) is 18.8. The number of nitrogens with one attached hydrogen (secondary N) is 2. The van der Waals surface area contributed by atoms with Crippen molar-refractivity contribution in [2.24, 2.45) is 14.1 Å². The minimum Gasteiger partial charge on any atom is -0.478 e. The highest BCUT2D eigenvalue weighted by atomic mass is 79.9. The van der Waals surface area contributed by atoms with Gasteiger partial charge in [0, 0.05) is 61.9 Å². The van der Waals surface area contributed by atoms with E-state index in [1.54, 1.807) is 64.8 Å². The highest BCUT2D eigenvalue weighted by Gasteiger charge is 2.10. The molecule has 0 saturated carbocycles. The molecule has 0 bridgehead atoms. The van der Waals surface area contributed by atoms with Crippen LogP contribution in [0.25, 0.3) is 0 Å². The van der Waals surface area contributed by atoms with Gasteiger partial charge in [0.2, 0.25) is 0 Å². The average molecular weight is 675 g/mol. The largest absolute Gasteiger partial charge is 0.478 e. The average Bonchev–Trinajstić information content (AvgIpc) is 2.90. The van der Waals surface area contributed by atoms with Crippen molar-refractivity contribution < 1.29 is 14.7 Å². The Morgan fingerprint density at radius 3 is 1.57 bits per heavy atom. The molecule has 0 aromatic carbocycles. The topological polar surface area (TPSA) is 151 Å². The quantitative estimate of drug-likeness (QED) is 0.276. The summed E-state index contributed by atoms with van der Waals surface area (Å²) in [4.78, 5) is 55.9. The van der Waals surface area contributed by atoms with Crippen LogP contribution in [0.1, 0.15) is 20.7 Å². The molecule has 4 rings (SSSR count). The number of pyridine rings is 4. The number of aromatic carboxylic acids is 1. The molecule has 0 unspecified atom stereocenters. The Bertz CT molecular complexity index is 1650. The highest BCUT2D eigenvalue weighted by Crippen LogP contribution is 2.17.